The van der Waals surface area contributed by atoms with E-state index in [9.17, 15) is 18.3 Å². The van der Waals surface area contributed by atoms with Gasteiger partial charge < -0.3 is 9.84 Å². The fourth-order valence-electron chi connectivity index (χ4n) is 2.22. The van der Waals surface area contributed by atoms with Gasteiger partial charge in [0.25, 0.3) is 0 Å². The van der Waals surface area contributed by atoms with Crippen molar-refractivity contribution in [3.63, 3.8) is 0 Å². The molecule has 2 rings (SSSR count). The second kappa shape index (κ2) is 6.38. The highest BCUT2D eigenvalue weighted by molar-refractivity contribution is 7.92. The van der Waals surface area contributed by atoms with Gasteiger partial charge in [-0.15, -0.1) is 0 Å². The van der Waals surface area contributed by atoms with E-state index >= 15 is 0 Å². The number of carbonyl (C=O) groups excluding carboxylic acids is 1. The summed E-state index contributed by atoms with van der Waals surface area (Å²) in [6.45, 7) is -0.110. The van der Waals surface area contributed by atoms with Gasteiger partial charge in [-0.2, -0.15) is 4.31 Å². The van der Waals surface area contributed by atoms with Crippen LogP contribution in [0.4, 0.5) is 0 Å². The predicted molar refractivity (Wildman–Crippen MR) is 77.5 cm³/mol. The average molecular weight is 311 g/mol. The minimum absolute atomic E-state index is 0.0467. The monoisotopic (exact) mass is 311 g/mol. The first-order valence-electron chi connectivity index (χ1n) is 6.45. The molecule has 1 aromatic carbocycles. The molecule has 0 spiro atoms. The Kier molecular flexibility index (Phi) is 4.76. The Morgan fingerprint density at radius 2 is 2.05 bits per heavy atom. The highest BCUT2D eigenvalue weighted by Crippen LogP contribution is 2.23. The largest absolute Gasteiger partial charge is 0.468 e. The molecule has 6 nitrogen and oxygen atoms in total. The number of esters is 1. The molecule has 0 aromatic heterocycles. The molecule has 0 bridgehead atoms. The van der Waals surface area contributed by atoms with Gasteiger partial charge in [-0.1, -0.05) is 30.3 Å². The van der Waals surface area contributed by atoms with Crippen LogP contribution >= 0.6 is 0 Å². The minimum Gasteiger partial charge on any atom is -0.468 e. The van der Waals surface area contributed by atoms with Gasteiger partial charge in [0.2, 0.25) is 10.0 Å². The molecular weight excluding hydrogens is 294 g/mol. The van der Waals surface area contributed by atoms with Gasteiger partial charge in [0.05, 0.1) is 13.2 Å². The lowest BCUT2D eigenvalue weighted by Crippen LogP contribution is -2.40. The zero-order valence-electron chi connectivity index (χ0n) is 11.5. The molecule has 1 N–H and O–H groups in total. The molecule has 0 aliphatic carbocycles. The Morgan fingerprint density at radius 1 is 1.38 bits per heavy atom. The summed E-state index contributed by atoms with van der Waals surface area (Å²) in [6, 6.07) is 7.98. The maximum atomic E-state index is 12.3. The number of ether oxygens (including phenoxy) is 1. The Bertz CT molecular complexity index is 626. The van der Waals surface area contributed by atoms with Gasteiger partial charge in [0.15, 0.2) is 0 Å². The topological polar surface area (TPSA) is 83.9 Å². The third-order valence-electron chi connectivity index (χ3n) is 3.27. The molecule has 114 valence electrons. The third-order valence-corrected chi connectivity index (χ3v) is 4.80. The van der Waals surface area contributed by atoms with Crippen LogP contribution < -0.4 is 0 Å². The Hall–Kier alpha value is -1.70. The van der Waals surface area contributed by atoms with Crippen LogP contribution in [0.3, 0.4) is 0 Å². The summed E-state index contributed by atoms with van der Waals surface area (Å²) in [5.74, 6) is -0.664. The van der Waals surface area contributed by atoms with E-state index in [4.69, 9.17) is 0 Å². The van der Waals surface area contributed by atoms with Gasteiger partial charge >= 0.3 is 5.97 Å². The van der Waals surface area contributed by atoms with Crippen LogP contribution in [0, 0.1) is 0 Å². The van der Waals surface area contributed by atoms with Crippen LogP contribution in [0.15, 0.2) is 35.7 Å². The molecule has 1 aliphatic heterocycles. The van der Waals surface area contributed by atoms with Crippen molar-refractivity contribution in [3.05, 3.63) is 41.3 Å². The van der Waals surface area contributed by atoms with Crippen LogP contribution in [0.1, 0.15) is 12.0 Å². The van der Waals surface area contributed by atoms with Crippen LogP contribution in [-0.4, -0.2) is 49.6 Å². The molecular formula is C14H17NO5S. The molecule has 1 heterocycles. The zero-order chi connectivity index (χ0) is 15.5. The molecule has 2 unspecified atom stereocenters. The van der Waals surface area contributed by atoms with Gasteiger partial charge in [-0.3, -0.25) is 4.79 Å². The van der Waals surface area contributed by atoms with Crippen molar-refractivity contribution < 1.29 is 23.1 Å². The van der Waals surface area contributed by atoms with Crippen molar-refractivity contribution in [3.8, 4) is 0 Å². The molecule has 21 heavy (non-hydrogen) atoms. The number of hydrogen-bond acceptors (Lipinski definition) is 5. The van der Waals surface area contributed by atoms with Crippen LogP contribution in [-0.2, 0) is 19.6 Å². The third kappa shape index (κ3) is 3.69. The number of benzene rings is 1. The van der Waals surface area contributed by atoms with Crippen molar-refractivity contribution >= 4 is 22.1 Å². The number of sulfonamides is 1. The number of β-amino-alcohol motifs (C(OH)–C–C–N with tert-alkyl or cyclic N) is 1. The number of nitrogens with zero attached hydrogens (tertiary/aromatic N) is 1. The molecule has 1 fully saturated rings. The number of aliphatic hydroxyl groups is 1. The van der Waals surface area contributed by atoms with E-state index in [-0.39, 0.29) is 13.0 Å². The van der Waals surface area contributed by atoms with E-state index in [2.05, 4.69) is 4.74 Å². The number of methoxy groups -OCH3 is 1. The Balaban J connectivity index is 2.22. The molecule has 1 saturated heterocycles. The minimum atomic E-state index is -3.80. The van der Waals surface area contributed by atoms with Crippen molar-refractivity contribution in [2.75, 3.05) is 13.7 Å². The van der Waals surface area contributed by atoms with E-state index in [0.717, 1.165) is 15.3 Å². The molecule has 2 atom stereocenters. The van der Waals surface area contributed by atoms with Gasteiger partial charge in [0.1, 0.15) is 6.04 Å². The Morgan fingerprint density at radius 3 is 2.67 bits per heavy atom. The van der Waals surface area contributed by atoms with Crippen LogP contribution in [0.25, 0.3) is 6.08 Å². The highest BCUT2D eigenvalue weighted by Gasteiger charge is 2.42. The first kappa shape index (κ1) is 15.7. The SMILES string of the molecule is COC(=O)C1CC(O)CN1S(=O)(=O)/C=C/c1ccccc1. The predicted octanol–water partition coefficient (Wildman–Crippen LogP) is 0.595. The van der Waals surface area contributed by atoms with Crippen molar-refractivity contribution in [2.24, 2.45) is 0 Å². The average Bonchev–Trinajstić information content (AvgIpc) is 2.88. The van der Waals surface area contributed by atoms with Gasteiger partial charge in [-0.25, -0.2) is 8.42 Å². The maximum absolute atomic E-state index is 12.3. The number of aliphatic hydroxyl groups excluding tert-OH is 1. The van der Waals surface area contributed by atoms with Crippen LogP contribution in [0.2, 0.25) is 0 Å². The normalized spacial score (nSPS) is 23.5. The molecule has 0 radical (unpaired) electrons. The van der Waals surface area contributed by atoms with Crippen molar-refractivity contribution in [1.29, 1.82) is 0 Å². The van der Waals surface area contributed by atoms with E-state index in [0.29, 0.717) is 0 Å². The Labute approximate surface area is 123 Å². The summed E-state index contributed by atoms with van der Waals surface area (Å²) in [6.07, 6.45) is 0.633. The fourth-order valence-corrected chi connectivity index (χ4v) is 3.61. The summed E-state index contributed by atoms with van der Waals surface area (Å²) in [4.78, 5) is 11.6. The maximum Gasteiger partial charge on any atom is 0.324 e. The van der Waals surface area contributed by atoms with Crippen LogP contribution in [0.5, 0.6) is 0 Å². The number of rotatable bonds is 4. The summed E-state index contributed by atoms with van der Waals surface area (Å²) >= 11 is 0. The first-order chi connectivity index (χ1) is 9.94. The van der Waals surface area contributed by atoms with Crippen molar-refractivity contribution in [1.82, 2.24) is 4.31 Å². The zero-order valence-corrected chi connectivity index (χ0v) is 12.4. The lowest BCUT2D eigenvalue weighted by molar-refractivity contribution is -0.144. The summed E-state index contributed by atoms with van der Waals surface area (Å²) in [7, 11) is -2.61. The first-order valence-corrected chi connectivity index (χ1v) is 7.95. The van der Waals surface area contributed by atoms with Gasteiger partial charge in [0, 0.05) is 18.4 Å². The molecule has 1 aliphatic rings. The summed E-state index contributed by atoms with van der Waals surface area (Å²) in [5.41, 5.74) is 0.732. The molecule has 0 saturated carbocycles. The quantitative estimate of drug-likeness (QED) is 0.823. The van der Waals surface area contributed by atoms with E-state index < -0.39 is 28.1 Å². The second-order valence-electron chi connectivity index (χ2n) is 4.76. The van der Waals surface area contributed by atoms with Crippen molar-refractivity contribution in [2.45, 2.75) is 18.6 Å². The fraction of sp³-hybridized carbons (Fsp3) is 0.357. The lowest BCUT2D eigenvalue weighted by Gasteiger charge is -2.19. The van der Waals surface area contributed by atoms with E-state index in [1.165, 1.54) is 13.2 Å². The number of carbonyl (C=O) groups is 1. The smallest absolute Gasteiger partial charge is 0.324 e. The number of hydrogen-bond donors (Lipinski definition) is 1. The lowest BCUT2D eigenvalue weighted by atomic mass is 10.2. The van der Waals surface area contributed by atoms with E-state index in [1.807, 2.05) is 6.07 Å². The highest BCUT2D eigenvalue weighted by atomic mass is 32.2. The summed E-state index contributed by atoms with van der Waals surface area (Å²) in [5, 5.41) is 10.7. The van der Waals surface area contributed by atoms with E-state index in [1.54, 1.807) is 24.3 Å². The molecule has 7 heteroatoms. The standard InChI is InChI=1S/C14H17NO5S/c1-20-14(17)13-9-12(16)10-15(13)21(18,19)8-7-11-5-3-2-4-6-11/h2-8,12-13,16H,9-10H2,1H3/b8-7+. The second-order valence-corrected chi connectivity index (χ2v) is 6.53. The molecule has 0 amide bonds. The van der Waals surface area contributed by atoms with Gasteiger partial charge in [-0.05, 0) is 11.6 Å². The summed E-state index contributed by atoms with van der Waals surface area (Å²) < 4.78 is 30.2. The molecule has 1 aromatic rings.